The first kappa shape index (κ1) is 14.6. The summed E-state index contributed by atoms with van der Waals surface area (Å²) < 4.78 is 12.9. The summed E-state index contributed by atoms with van der Waals surface area (Å²) in [6.45, 7) is 5.36. The average Bonchev–Trinajstić information content (AvgIpc) is 2.35. The van der Waals surface area contributed by atoms with Gasteiger partial charge in [0.1, 0.15) is 5.82 Å². The first-order chi connectivity index (χ1) is 8.58. The fraction of sp³-hybridized carbons (Fsp3) is 0.500. The zero-order valence-corrected chi connectivity index (χ0v) is 10.9. The number of hydrogen-bond acceptors (Lipinski definition) is 2. The molecule has 0 spiro atoms. The van der Waals surface area contributed by atoms with Crippen LogP contribution in [0.5, 0.6) is 0 Å². The Morgan fingerprint density at radius 3 is 2.39 bits per heavy atom. The summed E-state index contributed by atoms with van der Waals surface area (Å²) in [5.74, 6) is -1.04. The molecular formula is C14H20FNO2. The third-order valence-electron chi connectivity index (χ3n) is 3.10. The van der Waals surface area contributed by atoms with Gasteiger partial charge in [-0.1, -0.05) is 26.0 Å². The zero-order valence-electron chi connectivity index (χ0n) is 10.9. The number of nitrogens with zero attached hydrogens (tertiary/aromatic N) is 1. The van der Waals surface area contributed by atoms with Gasteiger partial charge >= 0.3 is 5.97 Å². The highest BCUT2D eigenvalue weighted by Gasteiger charge is 2.17. The van der Waals surface area contributed by atoms with Gasteiger partial charge in [-0.15, -0.1) is 0 Å². The summed E-state index contributed by atoms with van der Waals surface area (Å²) in [6.07, 6.45) is 1.00. The Hall–Kier alpha value is -1.42. The van der Waals surface area contributed by atoms with Crippen molar-refractivity contribution in [1.29, 1.82) is 0 Å². The van der Waals surface area contributed by atoms with Crippen molar-refractivity contribution in [3.05, 3.63) is 35.6 Å². The minimum Gasteiger partial charge on any atom is -0.481 e. The first-order valence-corrected chi connectivity index (χ1v) is 6.29. The molecule has 0 aliphatic carbocycles. The Bertz CT molecular complexity index is 378. The van der Waals surface area contributed by atoms with Crippen molar-refractivity contribution in [3.8, 4) is 0 Å². The number of carboxylic acid groups (broad SMARTS) is 1. The molecule has 1 aromatic rings. The molecule has 18 heavy (non-hydrogen) atoms. The smallest absolute Gasteiger partial charge is 0.304 e. The van der Waals surface area contributed by atoms with Gasteiger partial charge in [0, 0.05) is 12.6 Å². The molecule has 0 saturated carbocycles. The number of rotatable bonds is 7. The van der Waals surface area contributed by atoms with Gasteiger partial charge in [-0.3, -0.25) is 9.69 Å². The zero-order chi connectivity index (χ0) is 13.5. The fourth-order valence-electron chi connectivity index (χ4n) is 2.16. The van der Waals surface area contributed by atoms with E-state index in [1.807, 2.05) is 6.92 Å². The van der Waals surface area contributed by atoms with E-state index >= 15 is 0 Å². The molecule has 0 aliphatic rings. The van der Waals surface area contributed by atoms with Crippen molar-refractivity contribution >= 4 is 5.97 Å². The molecule has 1 atom stereocenters. The standard InChI is InChI=1S/C14H20FNO2/c1-3-13(11-5-7-12(15)8-6-11)16(4-2)10-9-14(17)18/h5-8,13H,3-4,9-10H2,1-2H3,(H,17,18). The molecule has 0 aromatic heterocycles. The van der Waals surface area contributed by atoms with Crippen molar-refractivity contribution in [1.82, 2.24) is 4.90 Å². The molecule has 1 unspecified atom stereocenters. The lowest BCUT2D eigenvalue weighted by Gasteiger charge is -2.30. The number of halogens is 1. The highest BCUT2D eigenvalue weighted by Crippen LogP contribution is 2.24. The van der Waals surface area contributed by atoms with Crippen LogP contribution in [0.2, 0.25) is 0 Å². The molecule has 0 fully saturated rings. The van der Waals surface area contributed by atoms with Crippen LogP contribution in [0.4, 0.5) is 4.39 Å². The van der Waals surface area contributed by atoms with Gasteiger partial charge in [0.05, 0.1) is 6.42 Å². The molecule has 0 aliphatic heterocycles. The molecule has 0 heterocycles. The van der Waals surface area contributed by atoms with E-state index < -0.39 is 5.97 Å². The molecule has 4 heteroatoms. The summed E-state index contributed by atoms with van der Waals surface area (Å²) >= 11 is 0. The second kappa shape index (κ2) is 7.11. The number of aliphatic carboxylic acids is 1. The van der Waals surface area contributed by atoms with Crippen LogP contribution < -0.4 is 0 Å². The lowest BCUT2D eigenvalue weighted by Crippen LogP contribution is -2.30. The monoisotopic (exact) mass is 253 g/mol. The van der Waals surface area contributed by atoms with Gasteiger partial charge in [-0.05, 0) is 30.7 Å². The molecule has 0 amide bonds. The third kappa shape index (κ3) is 4.11. The quantitative estimate of drug-likeness (QED) is 0.811. The Morgan fingerprint density at radius 2 is 1.94 bits per heavy atom. The summed E-state index contributed by atoms with van der Waals surface area (Å²) in [5.41, 5.74) is 1.03. The van der Waals surface area contributed by atoms with E-state index in [0.717, 1.165) is 18.5 Å². The van der Waals surface area contributed by atoms with Crippen molar-refractivity contribution in [2.24, 2.45) is 0 Å². The van der Waals surface area contributed by atoms with Gasteiger partial charge in [0.25, 0.3) is 0 Å². The molecule has 3 nitrogen and oxygen atoms in total. The highest BCUT2D eigenvalue weighted by molar-refractivity contribution is 5.66. The molecule has 0 radical (unpaired) electrons. The summed E-state index contributed by atoms with van der Waals surface area (Å²) in [5, 5.41) is 8.74. The summed E-state index contributed by atoms with van der Waals surface area (Å²) in [6, 6.07) is 6.58. The van der Waals surface area contributed by atoms with Crippen molar-refractivity contribution in [3.63, 3.8) is 0 Å². The molecule has 1 aromatic carbocycles. The van der Waals surface area contributed by atoms with Gasteiger partial charge in [-0.25, -0.2) is 4.39 Å². The van der Waals surface area contributed by atoms with Crippen LogP contribution >= 0.6 is 0 Å². The number of hydrogen-bond donors (Lipinski definition) is 1. The SMILES string of the molecule is CCC(c1ccc(F)cc1)N(CC)CCC(=O)O. The van der Waals surface area contributed by atoms with Crippen LogP contribution in [0.1, 0.15) is 38.3 Å². The first-order valence-electron chi connectivity index (χ1n) is 6.29. The highest BCUT2D eigenvalue weighted by atomic mass is 19.1. The summed E-state index contributed by atoms with van der Waals surface area (Å²) in [4.78, 5) is 12.7. The van der Waals surface area contributed by atoms with Crippen LogP contribution in [-0.2, 0) is 4.79 Å². The minimum absolute atomic E-state index is 0.130. The number of benzene rings is 1. The molecule has 0 bridgehead atoms. The maximum atomic E-state index is 12.9. The predicted octanol–water partition coefficient (Wildman–Crippen LogP) is 3.07. The number of carbonyl (C=O) groups is 1. The fourth-order valence-corrected chi connectivity index (χ4v) is 2.16. The van der Waals surface area contributed by atoms with Gasteiger partial charge in [0.2, 0.25) is 0 Å². The average molecular weight is 253 g/mol. The van der Waals surface area contributed by atoms with Crippen molar-refractivity contribution in [2.75, 3.05) is 13.1 Å². The van der Waals surface area contributed by atoms with Gasteiger partial charge in [-0.2, -0.15) is 0 Å². The number of carboxylic acids is 1. The van der Waals surface area contributed by atoms with E-state index in [0.29, 0.717) is 6.54 Å². The second-order valence-electron chi connectivity index (χ2n) is 4.25. The second-order valence-corrected chi connectivity index (χ2v) is 4.25. The topological polar surface area (TPSA) is 40.5 Å². The van der Waals surface area contributed by atoms with Crippen LogP contribution in [0.15, 0.2) is 24.3 Å². The third-order valence-corrected chi connectivity index (χ3v) is 3.10. The Kier molecular flexibility index (Phi) is 5.78. The molecule has 100 valence electrons. The van der Waals surface area contributed by atoms with Crippen LogP contribution in [0, 0.1) is 5.82 Å². The van der Waals surface area contributed by atoms with E-state index in [1.54, 1.807) is 12.1 Å². The van der Waals surface area contributed by atoms with Crippen molar-refractivity contribution in [2.45, 2.75) is 32.7 Å². The van der Waals surface area contributed by atoms with Crippen LogP contribution in [0.3, 0.4) is 0 Å². The maximum absolute atomic E-state index is 12.9. The molecular weight excluding hydrogens is 233 g/mol. The molecule has 0 saturated heterocycles. The lowest BCUT2D eigenvalue weighted by atomic mass is 10.0. The van der Waals surface area contributed by atoms with E-state index in [2.05, 4.69) is 11.8 Å². The predicted molar refractivity (Wildman–Crippen MR) is 68.9 cm³/mol. The van der Waals surface area contributed by atoms with Crippen LogP contribution in [-0.4, -0.2) is 29.1 Å². The van der Waals surface area contributed by atoms with Crippen molar-refractivity contribution < 1.29 is 14.3 Å². The molecule has 1 N–H and O–H groups in total. The van der Waals surface area contributed by atoms with E-state index in [-0.39, 0.29) is 18.3 Å². The van der Waals surface area contributed by atoms with E-state index in [9.17, 15) is 9.18 Å². The van der Waals surface area contributed by atoms with Gasteiger partial charge < -0.3 is 5.11 Å². The van der Waals surface area contributed by atoms with E-state index in [1.165, 1.54) is 12.1 Å². The Labute approximate surface area is 107 Å². The normalized spacial score (nSPS) is 12.7. The van der Waals surface area contributed by atoms with E-state index in [4.69, 9.17) is 5.11 Å². The largest absolute Gasteiger partial charge is 0.481 e. The lowest BCUT2D eigenvalue weighted by molar-refractivity contribution is -0.137. The minimum atomic E-state index is -0.789. The summed E-state index contributed by atoms with van der Waals surface area (Å²) in [7, 11) is 0. The maximum Gasteiger partial charge on any atom is 0.304 e. The van der Waals surface area contributed by atoms with Gasteiger partial charge in [0.15, 0.2) is 0 Å². The molecule has 1 rings (SSSR count). The van der Waals surface area contributed by atoms with Crippen LogP contribution in [0.25, 0.3) is 0 Å². The Morgan fingerprint density at radius 1 is 1.33 bits per heavy atom. The Balaban J connectivity index is 2.78.